The lowest BCUT2D eigenvalue weighted by atomic mass is 10.0. The highest BCUT2D eigenvalue weighted by molar-refractivity contribution is 5.92. The number of ether oxygens (including phenoxy) is 2. The van der Waals surface area contributed by atoms with Gasteiger partial charge in [-0.1, -0.05) is 18.5 Å². The summed E-state index contributed by atoms with van der Waals surface area (Å²) >= 11 is 0. The van der Waals surface area contributed by atoms with Gasteiger partial charge in [0.05, 0.1) is 18.5 Å². The van der Waals surface area contributed by atoms with E-state index in [2.05, 4.69) is 10.1 Å². The monoisotopic (exact) mass is 442 g/mol. The fourth-order valence-corrected chi connectivity index (χ4v) is 3.21. The lowest BCUT2D eigenvalue weighted by molar-refractivity contribution is -0.141. The number of amides is 2. The molecule has 8 nitrogen and oxygen atoms in total. The van der Waals surface area contributed by atoms with Gasteiger partial charge in [-0.3, -0.25) is 4.90 Å². The summed E-state index contributed by atoms with van der Waals surface area (Å²) in [6, 6.07) is 2.42. The zero-order valence-corrected chi connectivity index (χ0v) is 17.7. The van der Waals surface area contributed by atoms with E-state index in [4.69, 9.17) is 14.0 Å². The van der Waals surface area contributed by atoms with E-state index in [1.54, 1.807) is 7.05 Å². The van der Waals surface area contributed by atoms with E-state index >= 15 is 0 Å². The number of fused-ring (bicyclic) bond motifs is 1. The number of aromatic nitrogens is 1. The van der Waals surface area contributed by atoms with Crippen LogP contribution >= 0.6 is 0 Å². The second-order valence-corrected chi connectivity index (χ2v) is 7.40. The molecule has 0 atom stereocenters. The van der Waals surface area contributed by atoms with Gasteiger partial charge in [-0.25, -0.2) is 4.79 Å². The second kappa shape index (κ2) is 9.54. The molecule has 31 heavy (non-hydrogen) atoms. The predicted molar refractivity (Wildman–Crippen MR) is 107 cm³/mol. The SMILES string of the molecule is CCCc1c(OCCCN(C)C(=O)N=C2CN(C)CO2)ccc2c(C(F)(F)F)noc12. The summed E-state index contributed by atoms with van der Waals surface area (Å²) in [5.74, 6) is 0.842. The Hall–Kier alpha value is -2.82. The Morgan fingerprint density at radius 1 is 1.39 bits per heavy atom. The van der Waals surface area contributed by atoms with Crippen LogP contribution in [0, 0.1) is 0 Å². The van der Waals surface area contributed by atoms with Gasteiger partial charge in [0.1, 0.15) is 12.5 Å². The van der Waals surface area contributed by atoms with Crippen LogP contribution in [0.2, 0.25) is 0 Å². The maximum atomic E-state index is 13.1. The minimum absolute atomic E-state index is 0.0764. The Morgan fingerprint density at radius 3 is 2.81 bits per heavy atom. The first-order valence-electron chi connectivity index (χ1n) is 9.96. The average Bonchev–Trinajstić information content (AvgIpc) is 3.32. The Morgan fingerprint density at radius 2 is 2.16 bits per heavy atom. The van der Waals surface area contributed by atoms with Crippen LogP contribution in [0.5, 0.6) is 5.75 Å². The van der Waals surface area contributed by atoms with E-state index in [1.807, 2.05) is 18.9 Å². The molecule has 1 aliphatic heterocycles. The lowest BCUT2D eigenvalue weighted by Crippen LogP contribution is -2.27. The zero-order valence-electron chi connectivity index (χ0n) is 17.7. The van der Waals surface area contributed by atoms with E-state index in [1.165, 1.54) is 17.0 Å². The number of urea groups is 1. The number of likely N-dealkylation sites (N-methyl/N-ethyl adjacent to an activating group) is 1. The molecule has 1 aromatic carbocycles. The van der Waals surface area contributed by atoms with Crippen molar-refractivity contribution >= 4 is 22.9 Å². The Labute approximate surface area is 177 Å². The molecule has 0 aliphatic carbocycles. The number of nitrogens with zero attached hydrogens (tertiary/aromatic N) is 4. The highest BCUT2D eigenvalue weighted by Gasteiger charge is 2.37. The maximum absolute atomic E-state index is 13.1. The van der Waals surface area contributed by atoms with E-state index in [0.717, 1.165) is 0 Å². The quantitative estimate of drug-likeness (QED) is 0.605. The predicted octanol–water partition coefficient (Wildman–Crippen LogP) is 3.94. The van der Waals surface area contributed by atoms with Crippen LogP contribution in [0.1, 0.15) is 31.0 Å². The van der Waals surface area contributed by atoms with Gasteiger partial charge in [0.2, 0.25) is 5.90 Å². The van der Waals surface area contributed by atoms with Gasteiger partial charge < -0.3 is 18.9 Å². The normalized spacial score (nSPS) is 16.1. The lowest BCUT2D eigenvalue weighted by Gasteiger charge is -2.15. The number of halogens is 3. The number of benzene rings is 1. The molecule has 170 valence electrons. The fourth-order valence-electron chi connectivity index (χ4n) is 3.21. The van der Waals surface area contributed by atoms with Crippen LogP contribution in [-0.2, 0) is 17.3 Å². The van der Waals surface area contributed by atoms with E-state index in [-0.39, 0.29) is 17.6 Å². The van der Waals surface area contributed by atoms with Gasteiger partial charge >= 0.3 is 12.2 Å². The molecule has 2 amide bonds. The number of hydrogen-bond donors (Lipinski definition) is 0. The molecule has 2 heterocycles. The molecule has 2 aromatic rings. The number of carbonyl (C=O) groups is 1. The van der Waals surface area contributed by atoms with Gasteiger partial charge in [-0.2, -0.15) is 18.2 Å². The molecule has 1 aromatic heterocycles. The summed E-state index contributed by atoms with van der Waals surface area (Å²) in [5.41, 5.74) is -0.386. The third-order valence-corrected chi connectivity index (χ3v) is 4.77. The standard InChI is InChI=1S/C20H25F3N4O4/c1-4-6-13-15(8-7-14-17(13)31-25-18(14)20(21,22)23)29-10-5-9-27(3)19(28)24-16-11-26(2)12-30-16/h7-8H,4-6,9-12H2,1-3H3. The fraction of sp³-hybridized carbons (Fsp3) is 0.550. The largest absolute Gasteiger partial charge is 0.493 e. The summed E-state index contributed by atoms with van der Waals surface area (Å²) < 4.78 is 55.4. The second-order valence-electron chi connectivity index (χ2n) is 7.40. The Kier molecular flexibility index (Phi) is 7.04. The molecule has 0 unspecified atom stereocenters. The summed E-state index contributed by atoms with van der Waals surface area (Å²) in [6.45, 7) is 3.48. The Balaban J connectivity index is 1.60. The van der Waals surface area contributed by atoms with Crippen LogP contribution in [0.15, 0.2) is 21.6 Å². The van der Waals surface area contributed by atoms with Gasteiger partial charge in [-0.15, -0.1) is 0 Å². The van der Waals surface area contributed by atoms with Crippen molar-refractivity contribution in [1.82, 2.24) is 15.0 Å². The molecule has 0 radical (unpaired) electrons. The molecule has 0 bridgehead atoms. The molecule has 3 rings (SSSR count). The first-order chi connectivity index (χ1) is 14.7. The van der Waals surface area contributed by atoms with E-state index < -0.39 is 17.9 Å². The summed E-state index contributed by atoms with van der Waals surface area (Å²) in [7, 11) is 3.49. The van der Waals surface area contributed by atoms with Crippen LogP contribution in [0.3, 0.4) is 0 Å². The maximum Gasteiger partial charge on any atom is 0.437 e. The topological polar surface area (TPSA) is 80.4 Å². The van der Waals surface area contributed by atoms with Crippen molar-refractivity contribution in [2.75, 3.05) is 40.5 Å². The molecule has 1 fully saturated rings. The molecule has 0 N–H and O–H groups in total. The number of carbonyl (C=O) groups excluding carboxylic acids is 1. The third-order valence-electron chi connectivity index (χ3n) is 4.77. The van der Waals surface area contributed by atoms with Crippen LogP contribution in [0.4, 0.5) is 18.0 Å². The molecular formula is C20H25F3N4O4. The van der Waals surface area contributed by atoms with Gasteiger partial charge in [-0.05, 0) is 32.0 Å². The first-order valence-corrected chi connectivity index (χ1v) is 9.96. The molecule has 0 saturated carbocycles. The minimum atomic E-state index is -4.59. The van der Waals surface area contributed by atoms with Crippen molar-refractivity contribution in [2.24, 2.45) is 4.99 Å². The van der Waals surface area contributed by atoms with Crippen molar-refractivity contribution in [3.05, 3.63) is 23.4 Å². The van der Waals surface area contributed by atoms with Crippen molar-refractivity contribution in [1.29, 1.82) is 0 Å². The molecule has 0 spiro atoms. The minimum Gasteiger partial charge on any atom is -0.493 e. The summed E-state index contributed by atoms with van der Waals surface area (Å²) in [5, 5.41) is 3.13. The smallest absolute Gasteiger partial charge is 0.437 e. The molecule has 1 saturated heterocycles. The van der Waals surface area contributed by atoms with E-state index in [9.17, 15) is 18.0 Å². The van der Waals surface area contributed by atoms with E-state index in [0.29, 0.717) is 56.3 Å². The summed E-state index contributed by atoms with van der Waals surface area (Å²) in [6.07, 6.45) is -2.88. The molecular weight excluding hydrogens is 417 g/mol. The van der Waals surface area contributed by atoms with Crippen LogP contribution in [-0.4, -0.2) is 67.4 Å². The first kappa shape index (κ1) is 22.9. The van der Waals surface area contributed by atoms with Crippen molar-refractivity contribution in [2.45, 2.75) is 32.4 Å². The molecule has 11 heteroatoms. The highest BCUT2D eigenvalue weighted by atomic mass is 19.4. The number of aryl methyl sites for hydroxylation is 1. The van der Waals surface area contributed by atoms with Crippen molar-refractivity contribution < 1.29 is 32.0 Å². The number of alkyl halides is 3. The van der Waals surface area contributed by atoms with Gasteiger partial charge in [0, 0.05) is 19.2 Å². The number of aliphatic imine (C=N–C) groups is 1. The highest BCUT2D eigenvalue weighted by Crippen LogP contribution is 2.38. The Bertz CT molecular complexity index is 958. The van der Waals surface area contributed by atoms with Crippen LogP contribution in [0.25, 0.3) is 11.0 Å². The van der Waals surface area contributed by atoms with Gasteiger partial charge in [0.25, 0.3) is 0 Å². The van der Waals surface area contributed by atoms with Crippen molar-refractivity contribution in [3.63, 3.8) is 0 Å². The van der Waals surface area contributed by atoms with Crippen LogP contribution < -0.4 is 4.74 Å². The summed E-state index contributed by atoms with van der Waals surface area (Å²) in [4.78, 5) is 19.4. The number of hydrogen-bond acceptors (Lipinski definition) is 6. The third kappa shape index (κ3) is 5.46. The molecule has 1 aliphatic rings. The number of rotatable bonds is 7. The van der Waals surface area contributed by atoms with Crippen molar-refractivity contribution in [3.8, 4) is 5.75 Å². The van der Waals surface area contributed by atoms with Gasteiger partial charge in [0.15, 0.2) is 11.3 Å². The zero-order chi connectivity index (χ0) is 22.6. The average molecular weight is 442 g/mol.